The summed E-state index contributed by atoms with van der Waals surface area (Å²) in [6.45, 7) is 38.1. The average molecular weight is 742 g/mol. The second-order valence-electron chi connectivity index (χ2n) is 17.7. The van der Waals surface area contributed by atoms with Gasteiger partial charge in [-0.15, -0.1) is 0 Å². The number of halogens is 1. The van der Waals surface area contributed by atoms with Gasteiger partial charge in [-0.2, -0.15) is 0 Å². The van der Waals surface area contributed by atoms with E-state index in [9.17, 15) is 4.79 Å². The van der Waals surface area contributed by atoms with Gasteiger partial charge in [0, 0.05) is 12.0 Å². The average Bonchev–Trinajstić information content (AvgIpc) is 2.77. The van der Waals surface area contributed by atoms with Gasteiger partial charge >= 0.3 is 5.97 Å². The van der Waals surface area contributed by atoms with Gasteiger partial charge in [0.1, 0.15) is 16.4 Å². The van der Waals surface area contributed by atoms with E-state index in [1.807, 2.05) is 6.92 Å². The summed E-state index contributed by atoms with van der Waals surface area (Å²) in [7, 11) is 0. The van der Waals surface area contributed by atoms with Crippen LogP contribution >= 0.6 is 22.6 Å². The van der Waals surface area contributed by atoms with Crippen molar-refractivity contribution in [2.24, 2.45) is 33.3 Å². The molecule has 0 aliphatic rings. The Morgan fingerprint density at radius 2 is 1.25 bits per heavy atom. The molecule has 0 saturated heterocycles. The van der Waals surface area contributed by atoms with E-state index in [-0.39, 0.29) is 58.1 Å². The third kappa shape index (κ3) is 16.2. The van der Waals surface area contributed by atoms with Crippen molar-refractivity contribution in [3.63, 3.8) is 0 Å². The lowest BCUT2D eigenvalue weighted by Gasteiger charge is -2.46. The van der Waals surface area contributed by atoms with Crippen LogP contribution in [0.15, 0.2) is 0 Å². The number of ether oxygens (including phenoxy) is 5. The molecule has 4 atom stereocenters. The predicted octanol–water partition coefficient (Wildman–Crippen LogP) is 9.32. The van der Waals surface area contributed by atoms with Crippen molar-refractivity contribution in [3.8, 4) is 0 Å². The lowest BCUT2D eigenvalue weighted by Crippen LogP contribution is -2.47. The van der Waals surface area contributed by atoms with Crippen molar-refractivity contribution in [3.05, 3.63) is 0 Å². The topological polar surface area (TPSA) is 89.2 Å². The summed E-state index contributed by atoms with van der Waals surface area (Å²) in [6.07, 6.45) is 2.99. The Hall–Kier alpha value is -0.000000000000000111. The highest BCUT2D eigenvalue weighted by molar-refractivity contribution is 14.1. The minimum atomic E-state index is -0.409. The van der Waals surface area contributed by atoms with E-state index in [4.69, 9.17) is 29.4 Å². The lowest BCUT2D eigenvalue weighted by atomic mass is 9.72. The number of rotatable bonds is 20. The summed E-state index contributed by atoms with van der Waals surface area (Å²) >= 11 is 2.44. The molecule has 0 aromatic rings. The Morgan fingerprint density at radius 1 is 0.705 bits per heavy atom. The van der Waals surface area contributed by atoms with Crippen LogP contribution in [0.4, 0.5) is 0 Å². The first-order valence-electron chi connectivity index (χ1n) is 16.6. The summed E-state index contributed by atoms with van der Waals surface area (Å²) in [4.78, 5) is 12.9. The van der Waals surface area contributed by atoms with Crippen LogP contribution in [0.2, 0.25) is 0 Å². The number of carbonyl (C=O) groups excluding carboxylic acids is 1. The molecule has 264 valence electrons. The van der Waals surface area contributed by atoms with Gasteiger partial charge in [0.2, 0.25) is 0 Å². The Balaban J connectivity index is 4.90. The van der Waals surface area contributed by atoms with Crippen LogP contribution in [-0.4, -0.2) is 59.5 Å². The summed E-state index contributed by atoms with van der Waals surface area (Å²) in [5.74, 6) is -0.292. The zero-order valence-electron chi connectivity index (χ0n) is 31.8. The second-order valence-corrected chi connectivity index (χ2v) is 19.8. The fraction of sp³-hybridized carbons (Fsp3) is 0.972. The van der Waals surface area contributed by atoms with Crippen molar-refractivity contribution < 1.29 is 28.5 Å². The van der Waals surface area contributed by atoms with Crippen molar-refractivity contribution in [2.45, 2.75) is 171 Å². The van der Waals surface area contributed by atoms with E-state index < -0.39 is 9.21 Å². The highest BCUT2D eigenvalue weighted by Crippen LogP contribution is 2.46. The fourth-order valence-electron chi connectivity index (χ4n) is 5.08. The molecule has 0 aliphatic heterocycles. The molecule has 0 rings (SSSR count). The first kappa shape index (κ1) is 44.0. The van der Waals surface area contributed by atoms with E-state index in [0.29, 0.717) is 19.8 Å². The molecule has 4 unspecified atom stereocenters. The molecule has 0 aromatic carbocycles. The molecule has 0 spiro atoms. The molecule has 0 amide bonds. The Bertz CT molecular complexity index is 852. The fourth-order valence-corrected chi connectivity index (χ4v) is 5.52. The molecule has 0 radical (unpaired) electrons. The van der Waals surface area contributed by atoms with Gasteiger partial charge in [0.05, 0.1) is 36.4 Å². The maximum absolute atomic E-state index is 12.9. The smallest absolute Gasteiger partial charge is 0.309 e. The van der Waals surface area contributed by atoms with Crippen LogP contribution in [0, 0.1) is 27.6 Å². The number of alkyl halides is 1. The Morgan fingerprint density at radius 3 is 1.73 bits per heavy atom. The van der Waals surface area contributed by atoms with Crippen molar-refractivity contribution in [2.75, 3.05) is 26.4 Å². The third-order valence-corrected chi connectivity index (χ3v) is 11.1. The molecule has 0 saturated carbocycles. The van der Waals surface area contributed by atoms with Gasteiger partial charge in [0.15, 0.2) is 0 Å². The minimum absolute atomic E-state index is 0.0371. The van der Waals surface area contributed by atoms with Gasteiger partial charge in [-0.25, -0.2) is 0 Å². The van der Waals surface area contributed by atoms with Crippen LogP contribution < -0.4 is 5.73 Å². The van der Waals surface area contributed by atoms with Crippen molar-refractivity contribution >= 4 is 28.6 Å². The SMILES string of the molecule is CC(N)OCCC(C)(C)C(C)(C)OC(C)CC(C)(C)C(C)(I)OCCC(C)(C)OCCOC(=O)C(CC(C)(C)C)C(C)(C)C. The van der Waals surface area contributed by atoms with Crippen LogP contribution in [0.25, 0.3) is 0 Å². The molecular formula is C36H72INO6. The molecule has 0 aromatic heterocycles. The van der Waals surface area contributed by atoms with Crippen LogP contribution in [0.3, 0.4) is 0 Å². The minimum Gasteiger partial charge on any atom is -0.463 e. The Labute approximate surface area is 286 Å². The van der Waals surface area contributed by atoms with E-state index in [1.165, 1.54) is 0 Å². The maximum atomic E-state index is 12.9. The molecule has 2 N–H and O–H groups in total. The zero-order valence-corrected chi connectivity index (χ0v) is 34.0. The van der Waals surface area contributed by atoms with Crippen LogP contribution in [0.1, 0.15) is 143 Å². The molecule has 44 heavy (non-hydrogen) atoms. The van der Waals surface area contributed by atoms with Crippen molar-refractivity contribution in [1.82, 2.24) is 0 Å². The summed E-state index contributed by atoms with van der Waals surface area (Å²) in [5, 5.41) is 0. The molecule has 0 heterocycles. The van der Waals surface area contributed by atoms with Gasteiger partial charge in [-0.1, -0.05) is 69.2 Å². The summed E-state index contributed by atoms with van der Waals surface area (Å²) in [6, 6.07) is 0. The van der Waals surface area contributed by atoms with Gasteiger partial charge in [-0.3, -0.25) is 4.79 Å². The normalized spacial score (nSPS) is 17.6. The molecule has 0 fully saturated rings. The van der Waals surface area contributed by atoms with Gasteiger partial charge < -0.3 is 29.4 Å². The number of hydrogen-bond acceptors (Lipinski definition) is 7. The van der Waals surface area contributed by atoms with Crippen LogP contribution in [-0.2, 0) is 28.5 Å². The maximum Gasteiger partial charge on any atom is 0.309 e. The molecule has 0 aliphatic carbocycles. The quantitative estimate of drug-likeness (QED) is 0.0438. The monoisotopic (exact) mass is 741 g/mol. The first-order valence-corrected chi connectivity index (χ1v) is 17.7. The van der Waals surface area contributed by atoms with Gasteiger partial charge in [0.25, 0.3) is 0 Å². The third-order valence-electron chi connectivity index (χ3n) is 9.28. The number of carbonyl (C=O) groups is 1. The highest BCUT2D eigenvalue weighted by atomic mass is 127. The first-order chi connectivity index (χ1) is 19.4. The molecule has 8 heteroatoms. The van der Waals surface area contributed by atoms with E-state index in [0.717, 1.165) is 25.7 Å². The summed E-state index contributed by atoms with van der Waals surface area (Å²) in [5.41, 5.74) is 4.67. The van der Waals surface area contributed by atoms with E-state index >= 15 is 0 Å². The molecular weight excluding hydrogens is 669 g/mol. The largest absolute Gasteiger partial charge is 0.463 e. The number of hydrogen-bond donors (Lipinski definition) is 1. The summed E-state index contributed by atoms with van der Waals surface area (Å²) < 4.78 is 30.2. The van der Waals surface area contributed by atoms with Crippen LogP contribution in [0.5, 0.6) is 0 Å². The molecule has 7 nitrogen and oxygen atoms in total. The van der Waals surface area contributed by atoms with Gasteiger partial charge in [-0.05, 0) is 113 Å². The number of nitrogens with two attached hydrogens (primary N) is 1. The zero-order chi connectivity index (χ0) is 35.0. The second kappa shape index (κ2) is 16.9. The van der Waals surface area contributed by atoms with E-state index in [1.54, 1.807) is 0 Å². The standard InChI is InChI=1S/C36H72INO6/c1-26(44-35(15,16)32(9,10)18-20-40-27(2)38)24-33(11,12)36(17,37)43-21-19-34(13,14)42-23-22-41-29(39)28(31(6,7)8)25-30(3,4)5/h26-28H,18-25,38H2,1-17H3. The highest BCUT2D eigenvalue weighted by Gasteiger charge is 2.44. The molecule has 0 bridgehead atoms. The lowest BCUT2D eigenvalue weighted by molar-refractivity contribution is -0.159. The van der Waals surface area contributed by atoms with Crippen molar-refractivity contribution in [1.29, 1.82) is 0 Å². The number of esters is 1. The Kier molecular flexibility index (Phi) is 16.9. The predicted molar refractivity (Wildman–Crippen MR) is 192 cm³/mol. The van der Waals surface area contributed by atoms with E-state index in [2.05, 4.69) is 133 Å².